The molecule has 258 valence electrons. The van der Waals surface area contributed by atoms with Crippen molar-refractivity contribution in [2.24, 2.45) is 22.0 Å². The first-order chi connectivity index (χ1) is 22.9. The number of alkyl halides is 1. The van der Waals surface area contributed by atoms with Crippen molar-refractivity contribution >= 4 is 90.8 Å². The molecular formula is C34H46Br2ClN5O2S3. The molecule has 0 bridgehead atoms. The van der Waals surface area contributed by atoms with Crippen LogP contribution < -0.4 is 4.72 Å². The van der Waals surface area contributed by atoms with Gasteiger partial charge in [-0.2, -0.15) is 0 Å². The number of aliphatic imine (C=N–C) groups is 1. The third-order valence-corrected chi connectivity index (χ3v) is 15.2. The summed E-state index contributed by atoms with van der Waals surface area (Å²) in [7, 11) is 0. The highest BCUT2D eigenvalue weighted by Gasteiger charge is 2.33. The van der Waals surface area contributed by atoms with E-state index in [9.17, 15) is 9.70 Å². The maximum atomic E-state index is 12.2. The summed E-state index contributed by atoms with van der Waals surface area (Å²) in [4.78, 5) is 30.9. The van der Waals surface area contributed by atoms with E-state index in [0.717, 1.165) is 45.7 Å². The van der Waals surface area contributed by atoms with Crippen LogP contribution in [0.3, 0.4) is 0 Å². The number of thiophene rings is 1. The standard InChI is InChI=1S/C34H46Br2ClN5O2S3/c35-28-22-31(45-32(28)37)47-42-18-14-25(15-19-42)9-5-2-1-4-8-24-12-16-41(17-13-24)33-29(36)21-27(23-38-33)46-40-30(34(43)39-44)20-26-10-6-3-7-11-26/h3,6-7,10-11,22-25,27,29-30,33,40H,1-2,4-5,8-9,12-21H2. The van der Waals surface area contributed by atoms with E-state index in [4.69, 9.17) is 16.6 Å². The van der Waals surface area contributed by atoms with Gasteiger partial charge in [0.05, 0.1) is 14.3 Å². The fourth-order valence-electron chi connectivity index (χ4n) is 6.86. The van der Waals surface area contributed by atoms with Crippen LogP contribution in [0.1, 0.15) is 76.2 Å². The van der Waals surface area contributed by atoms with Crippen molar-refractivity contribution in [3.8, 4) is 0 Å². The topological polar surface area (TPSA) is 77.4 Å². The van der Waals surface area contributed by atoms with Crippen molar-refractivity contribution < 1.29 is 4.79 Å². The SMILES string of the molecule is O=NC(=O)C(Cc1ccccc1)NSC1C=NC(N2CCC(CCCCCCC3CCN(Sc4cc(Br)c(Cl)s4)CC3)CC2)C(Br)C1. The summed E-state index contributed by atoms with van der Waals surface area (Å²) in [5.41, 5.74) is 0.995. The predicted molar refractivity (Wildman–Crippen MR) is 208 cm³/mol. The Bertz CT molecular complexity index is 1270. The highest BCUT2D eigenvalue weighted by molar-refractivity contribution is 9.10. The van der Waals surface area contributed by atoms with E-state index in [2.05, 4.69) is 57.0 Å². The van der Waals surface area contributed by atoms with Crippen molar-refractivity contribution in [2.75, 3.05) is 26.2 Å². The number of likely N-dealkylation sites (tertiary alicyclic amines) is 1. The van der Waals surface area contributed by atoms with Crippen molar-refractivity contribution in [1.29, 1.82) is 0 Å². The molecule has 3 aliphatic rings. The molecule has 4 unspecified atom stereocenters. The van der Waals surface area contributed by atoms with Gasteiger partial charge in [0.15, 0.2) is 0 Å². The number of piperidine rings is 2. The predicted octanol–water partition coefficient (Wildman–Crippen LogP) is 10.0. The Morgan fingerprint density at radius 2 is 1.70 bits per heavy atom. The molecule has 0 saturated carbocycles. The largest absolute Gasteiger partial charge is 0.304 e. The molecule has 2 aromatic rings. The minimum atomic E-state index is -0.665. The molecule has 47 heavy (non-hydrogen) atoms. The Kier molecular flexibility index (Phi) is 16.1. The zero-order valence-corrected chi connectivity index (χ0v) is 33.2. The second-order valence-corrected chi connectivity index (χ2v) is 19.2. The molecule has 4 atom stereocenters. The van der Waals surface area contributed by atoms with Crippen LogP contribution in [-0.2, 0) is 11.2 Å². The quantitative estimate of drug-likeness (QED) is 0.0781. The Morgan fingerprint density at radius 1 is 1.04 bits per heavy atom. The fraction of sp³-hybridized carbons (Fsp3) is 0.647. The zero-order valence-electron chi connectivity index (χ0n) is 26.8. The molecule has 7 nitrogen and oxygen atoms in total. The van der Waals surface area contributed by atoms with E-state index < -0.39 is 11.9 Å². The van der Waals surface area contributed by atoms with Crippen LogP contribution in [0.5, 0.6) is 0 Å². The van der Waals surface area contributed by atoms with Gasteiger partial charge in [0.25, 0.3) is 0 Å². The van der Waals surface area contributed by atoms with Crippen molar-refractivity contribution in [3.05, 3.63) is 55.7 Å². The van der Waals surface area contributed by atoms with Gasteiger partial charge >= 0.3 is 5.91 Å². The van der Waals surface area contributed by atoms with E-state index in [1.807, 2.05) is 48.5 Å². The number of hydrogen-bond donors (Lipinski definition) is 1. The highest BCUT2D eigenvalue weighted by Crippen LogP contribution is 2.40. The molecule has 4 heterocycles. The van der Waals surface area contributed by atoms with Crippen LogP contribution in [0.2, 0.25) is 4.34 Å². The smallest absolute Gasteiger partial charge is 0.281 e. The van der Waals surface area contributed by atoms with E-state index in [1.54, 1.807) is 11.3 Å². The highest BCUT2D eigenvalue weighted by atomic mass is 79.9. The summed E-state index contributed by atoms with van der Waals surface area (Å²) in [6.07, 6.45) is 16.9. The van der Waals surface area contributed by atoms with Gasteiger partial charge in [0, 0.05) is 42.0 Å². The second kappa shape index (κ2) is 19.9. The van der Waals surface area contributed by atoms with Gasteiger partial charge in [-0.15, -0.1) is 16.2 Å². The van der Waals surface area contributed by atoms with Crippen LogP contribution in [0.15, 0.2) is 55.2 Å². The fourth-order valence-corrected chi connectivity index (χ4v) is 12.2. The third-order valence-electron chi connectivity index (χ3n) is 9.63. The molecule has 5 rings (SSSR count). The number of halogens is 3. The molecule has 2 saturated heterocycles. The Balaban J connectivity index is 0.914. The average Bonchev–Trinajstić information content (AvgIpc) is 3.41. The Labute approximate surface area is 314 Å². The van der Waals surface area contributed by atoms with Gasteiger partial charge in [0.1, 0.15) is 16.5 Å². The first-order valence-electron chi connectivity index (χ1n) is 17.0. The lowest BCUT2D eigenvalue weighted by atomic mass is 9.89. The molecule has 1 N–H and O–H groups in total. The lowest BCUT2D eigenvalue weighted by Crippen LogP contribution is -2.47. The molecule has 13 heteroatoms. The molecular weight excluding hydrogens is 802 g/mol. The van der Waals surface area contributed by atoms with Crippen LogP contribution in [0.25, 0.3) is 0 Å². The molecule has 0 aliphatic carbocycles. The lowest BCUT2D eigenvalue weighted by molar-refractivity contribution is -0.119. The maximum absolute atomic E-state index is 12.2. The second-order valence-electron chi connectivity index (χ2n) is 13.0. The Morgan fingerprint density at radius 3 is 2.30 bits per heavy atom. The first kappa shape index (κ1) is 37.9. The summed E-state index contributed by atoms with van der Waals surface area (Å²) >= 11 is 18.6. The molecule has 1 aromatic carbocycles. The summed E-state index contributed by atoms with van der Waals surface area (Å²) in [5.74, 6) is 1.06. The van der Waals surface area contributed by atoms with Gasteiger partial charge in [-0.25, -0.2) is 4.31 Å². The molecule has 0 radical (unpaired) electrons. The number of benzene rings is 1. The minimum absolute atomic E-state index is 0.122. The van der Waals surface area contributed by atoms with Crippen molar-refractivity contribution in [2.45, 2.75) is 104 Å². The van der Waals surface area contributed by atoms with Gasteiger partial charge in [-0.1, -0.05) is 108 Å². The van der Waals surface area contributed by atoms with E-state index in [1.165, 1.54) is 93.5 Å². The average molecular weight is 848 g/mol. The summed E-state index contributed by atoms with van der Waals surface area (Å²) in [6, 6.07) is 11.2. The van der Waals surface area contributed by atoms with Crippen LogP contribution in [0, 0.1) is 16.7 Å². The summed E-state index contributed by atoms with van der Waals surface area (Å²) < 4.78 is 8.84. The number of carbonyl (C=O) groups excluding carboxylic acids is 1. The molecule has 1 amide bonds. The number of rotatable bonds is 16. The summed E-state index contributed by atoms with van der Waals surface area (Å²) in [6.45, 7) is 4.57. The van der Waals surface area contributed by atoms with Crippen LogP contribution >= 0.6 is 78.7 Å². The number of amides is 1. The number of nitrogens with zero attached hydrogens (tertiary/aromatic N) is 4. The summed E-state index contributed by atoms with van der Waals surface area (Å²) in [5, 5.41) is 2.81. The monoisotopic (exact) mass is 845 g/mol. The molecule has 2 fully saturated rings. The third kappa shape index (κ3) is 12.2. The molecule has 1 aromatic heterocycles. The van der Waals surface area contributed by atoms with Crippen LogP contribution in [0.4, 0.5) is 0 Å². The van der Waals surface area contributed by atoms with E-state index >= 15 is 0 Å². The number of carbonyl (C=O) groups is 1. The van der Waals surface area contributed by atoms with Crippen molar-refractivity contribution in [3.63, 3.8) is 0 Å². The van der Waals surface area contributed by atoms with Gasteiger partial charge < -0.3 is 0 Å². The van der Waals surface area contributed by atoms with Gasteiger partial charge in [0.2, 0.25) is 0 Å². The van der Waals surface area contributed by atoms with Crippen LogP contribution in [-0.4, -0.2) is 69.8 Å². The maximum Gasteiger partial charge on any atom is 0.304 e. The first-order valence-corrected chi connectivity index (χ1v) is 21.5. The molecule has 3 aliphatic heterocycles. The normalized spacial score (nSPS) is 24.0. The van der Waals surface area contributed by atoms with Gasteiger partial charge in [-0.05, 0) is 89.9 Å². The number of nitroso groups, excluding NO2 is 1. The van der Waals surface area contributed by atoms with E-state index in [-0.39, 0.29) is 16.2 Å². The zero-order chi connectivity index (χ0) is 33.0. The number of unbranched alkanes of at least 4 members (excludes halogenated alkanes) is 3. The van der Waals surface area contributed by atoms with E-state index in [0.29, 0.717) is 6.42 Å². The van der Waals surface area contributed by atoms with Gasteiger partial charge in [-0.3, -0.25) is 19.4 Å². The van der Waals surface area contributed by atoms with Crippen molar-refractivity contribution in [1.82, 2.24) is 13.9 Å². The minimum Gasteiger partial charge on any atom is -0.281 e. The molecule has 0 spiro atoms. The number of hydrogen-bond acceptors (Lipinski definition) is 9. The lowest BCUT2D eigenvalue weighted by Gasteiger charge is -2.40. The number of nitrogens with one attached hydrogen (secondary N) is 1. The Hall–Kier alpha value is -0.310.